The van der Waals surface area contributed by atoms with Gasteiger partial charge < -0.3 is 10.7 Å². The second kappa shape index (κ2) is 4.86. The fraction of sp³-hybridized carbons (Fsp3) is 0. The van der Waals surface area contributed by atoms with E-state index in [9.17, 15) is 4.79 Å². The number of nitrogens with zero attached hydrogens (tertiary/aromatic N) is 1. The van der Waals surface area contributed by atoms with Gasteiger partial charge in [-0.25, -0.2) is 4.98 Å². The Labute approximate surface area is 119 Å². The highest BCUT2D eigenvalue weighted by Gasteiger charge is 2.13. The Balaban J connectivity index is 1.90. The summed E-state index contributed by atoms with van der Waals surface area (Å²) in [6.45, 7) is 0. The number of hydrogen-bond donors (Lipinski definition) is 3. The maximum Gasteiger partial charge on any atom is 0.259 e. The molecule has 100 valence electrons. The number of nitrogens with two attached hydrogens (primary N) is 1. The van der Waals surface area contributed by atoms with Crippen molar-refractivity contribution in [1.82, 2.24) is 9.97 Å². The minimum Gasteiger partial charge on any atom is -0.399 e. The van der Waals surface area contributed by atoms with Crippen LogP contribution in [0.25, 0.3) is 11.0 Å². The van der Waals surface area contributed by atoms with E-state index in [0.29, 0.717) is 22.2 Å². The highest BCUT2D eigenvalue weighted by molar-refractivity contribution is 6.34. The van der Waals surface area contributed by atoms with Crippen LogP contribution in [0.5, 0.6) is 0 Å². The monoisotopic (exact) mass is 286 g/mol. The first-order valence-corrected chi connectivity index (χ1v) is 6.32. The summed E-state index contributed by atoms with van der Waals surface area (Å²) in [7, 11) is 0. The smallest absolute Gasteiger partial charge is 0.259 e. The van der Waals surface area contributed by atoms with Crippen molar-refractivity contribution in [3.05, 3.63) is 53.1 Å². The largest absolute Gasteiger partial charge is 0.399 e. The number of carbonyl (C=O) groups excluding carboxylic acids is 1. The normalized spacial score (nSPS) is 10.7. The summed E-state index contributed by atoms with van der Waals surface area (Å²) < 4.78 is 0. The van der Waals surface area contributed by atoms with Crippen LogP contribution in [0.4, 0.5) is 11.6 Å². The maximum absolute atomic E-state index is 12.2. The number of nitrogen functional groups attached to an aromatic ring is 1. The molecule has 0 fully saturated rings. The average molecular weight is 287 g/mol. The van der Waals surface area contributed by atoms with Crippen LogP contribution in [0, 0.1) is 0 Å². The van der Waals surface area contributed by atoms with Gasteiger partial charge in [-0.2, -0.15) is 0 Å². The number of aromatic nitrogens is 2. The summed E-state index contributed by atoms with van der Waals surface area (Å²) in [6, 6.07) is 12.3. The van der Waals surface area contributed by atoms with Crippen molar-refractivity contribution in [2.75, 3.05) is 11.1 Å². The highest BCUT2D eigenvalue weighted by Crippen LogP contribution is 2.20. The molecule has 20 heavy (non-hydrogen) atoms. The maximum atomic E-state index is 12.2. The Morgan fingerprint density at radius 3 is 2.85 bits per heavy atom. The van der Waals surface area contributed by atoms with E-state index in [4.69, 9.17) is 17.3 Å². The topological polar surface area (TPSA) is 83.8 Å². The summed E-state index contributed by atoms with van der Waals surface area (Å²) in [5, 5.41) is 3.01. The molecule has 0 aliphatic carbocycles. The molecule has 2 aromatic carbocycles. The van der Waals surface area contributed by atoms with Gasteiger partial charge in [0.15, 0.2) is 0 Å². The molecule has 3 rings (SSSR count). The minimum atomic E-state index is -0.360. The predicted molar refractivity (Wildman–Crippen MR) is 79.9 cm³/mol. The molecule has 0 aliphatic rings. The molecule has 1 aromatic heterocycles. The van der Waals surface area contributed by atoms with Crippen molar-refractivity contribution >= 4 is 40.2 Å². The zero-order valence-electron chi connectivity index (χ0n) is 10.4. The van der Waals surface area contributed by atoms with Crippen molar-refractivity contribution in [2.45, 2.75) is 0 Å². The second-order valence-corrected chi connectivity index (χ2v) is 4.70. The molecule has 0 spiro atoms. The van der Waals surface area contributed by atoms with Crippen molar-refractivity contribution in [3.8, 4) is 0 Å². The van der Waals surface area contributed by atoms with E-state index in [-0.39, 0.29) is 5.91 Å². The van der Waals surface area contributed by atoms with Crippen molar-refractivity contribution < 1.29 is 4.79 Å². The van der Waals surface area contributed by atoms with Crippen molar-refractivity contribution in [1.29, 1.82) is 0 Å². The number of hydrogen-bond acceptors (Lipinski definition) is 3. The molecule has 3 aromatic rings. The second-order valence-electron chi connectivity index (χ2n) is 4.30. The summed E-state index contributed by atoms with van der Waals surface area (Å²) in [5.74, 6) is 0.0102. The van der Waals surface area contributed by atoms with Gasteiger partial charge in [0.05, 0.1) is 21.6 Å². The Hall–Kier alpha value is -2.53. The van der Waals surface area contributed by atoms with Gasteiger partial charge in [-0.3, -0.25) is 10.1 Å². The molecular formula is C14H11ClN4O. The number of halogens is 1. The van der Waals surface area contributed by atoms with E-state index < -0.39 is 0 Å². The van der Waals surface area contributed by atoms with Crippen molar-refractivity contribution in [2.24, 2.45) is 0 Å². The van der Waals surface area contributed by atoms with Gasteiger partial charge in [-0.1, -0.05) is 23.7 Å². The Kier molecular flexibility index (Phi) is 3.04. The lowest BCUT2D eigenvalue weighted by Gasteiger charge is -2.05. The predicted octanol–water partition coefficient (Wildman–Crippen LogP) is 3.05. The first-order chi connectivity index (χ1) is 9.63. The molecule has 0 aliphatic heterocycles. The molecule has 6 heteroatoms. The third kappa shape index (κ3) is 2.31. The molecule has 0 unspecified atom stereocenters. The molecule has 0 bridgehead atoms. The van der Waals surface area contributed by atoms with Crippen LogP contribution in [0.3, 0.4) is 0 Å². The zero-order valence-corrected chi connectivity index (χ0v) is 11.1. The molecule has 4 N–H and O–H groups in total. The van der Waals surface area contributed by atoms with Gasteiger partial charge in [0.2, 0.25) is 5.95 Å². The van der Waals surface area contributed by atoms with E-state index in [1.165, 1.54) is 6.07 Å². The summed E-state index contributed by atoms with van der Waals surface area (Å²) in [6.07, 6.45) is 0. The summed E-state index contributed by atoms with van der Waals surface area (Å²) in [4.78, 5) is 19.4. The third-order valence-corrected chi connectivity index (χ3v) is 3.19. The number of aromatic amines is 1. The standard InChI is InChI=1S/C14H11ClN4O/c15-10-6-5-8(16)7-9(10)13(20)19-14-17-11-3-1-2-4-12(11)18-14/h1-7H,16H2,(H2,17,18,19,20). The van der Waals surface area contributed by atoms with E-state index in [1.54, 1.807) is 12.1 Å². The lowest BCUT2D eigenvalue weighted by atomic mass is 10.2. The van der Waals surface area contributed by atoms with Gasteiger partial charge in [0.1, 0.15) is 0 Å². The Morgan fingerprint density at radius 2 is 2.05 bits per heavy atom. The van der Waals surface area contributed by atoms with Gasteiger partial charge >= 0.3 is 0 Å². The lowest BCUT2D eigenvalue weighted by molar-refractivity contribution is 0.102. The number of para-hydroxylation sites is 2. The van der Waals surface area contributed by atoms with Crippen LogP contribution < -0.4 is 11.1 Å². The lowest BCUT2D eigenvalue weighted by Crippen LogP contribution is -2.13. The van der Waals surface area contributed by atoms with Crippen LogP contribution in [0.2, 0.25) is 5.02 Å². The third-order valence-electron chi connectivity index (χ3n) is 2.86. The Bertz CT molecular complexity index is 764. The molecule has 0 atom stereocenters. The molecule has 5 nitrogen and oxygen atoms in total. The minimum absolute atomic E-state index is 0.312. The van der Waals surface area contributed by atoms with Crippen LogP contribution >= 0.6 is 11.6 Å². The number of rotatable bonds is 2. The highest BCUT2D eigenvalue weighted by atomic mass is 35.5. The number of anilines is 2. The van der Waals surface area contributed by atoms with E-state index in [0.717, 1.165) is 11.0 Å². The number of H-pyrrole nitrogens is 1. The average Bonchev–Trinajstić information content (AvgIpc) is 2.83. The molecular weight excluding hydrogens is 276 g/mol. The fourth-order valence-corrected chi connectivity index (χ4v) is 2.11. The van der Waals surface area contributed by atoms with Crippen molar-refractivity contribution in [3.63, 3.8) is 0 Å². The van der Waals surface area contributed by atoms with Gasteiger partial charge in [-0.05, 0) is 30.3 Å². The first kappa shape index (κ1) is 12.5. The fourth-order valence-electron chi connectivity index (χ4n) is 1.90. The number of benzene rings is 2. The van der Waals surface area contributed by atoms with E-state index >= 15 is 0 Å². The van der Waals surface area contributed by atoms with Crippen LogP contribution in [-0.2, 0) is 0 Å². The first-order valence-electron chi connectivity index (χ1n) is 5.94. The quantitative estimate of drug-likeness (QED) is 0.633. The zero-order chi connectivity index (χ0) is 14.1. The molecule has 1 heterocycles. The SMILES string of the molecule is Nc1ccc(Cl)c(C(=O)Nc2nc3ccccc3[nH]2)c1. The summed E-state index contributed by atoms with van der Waals surface area (Å²) >= 11 is 5.99. The number of nitrogens with one attached hydrogen (secondary N) is 2. The number of imidazole rings is 1. The number of carbonyl (C=O) groups is 1. The van der Waals surface area contributed by atoms with Crippen LogP contribution in [0.15, 0.2) is 42.5 Å². The number of amides is 1. The Morgan fingerprint density at radius 1 is 1.25 bits per heavy atom. The van der Waals surface area contributed by atoms with Crippen LogP contribution in [-0.4, -0.2) is 15.9 Å². The molecule has 0 radical (unpaired) electrons. The summed E-state index contributed by atoms with van der Waals surface area (Å²) in [5.41, 5.74) is 8.07. The molecule has 0 saturated carbocycles. The number of fused-ring (bicyclic) bond motifs is 1. The van der Waals surface area contributed by atoms with Gasteiger partial charge in [0, 0.05) is 5.69 Å². The van der Waals surface area contributed by atoms with Gasteiger partial charge in [-0.15, -0.1) is 0 Å². The van der Waals surface area contributed by atoms with Gasteiger partial charge in [0.25, 0.3) is 5.91 Å². The molecule has 1 amide bonds. The van der Waals surface area contributed by atoms with E-state index in [2.05, 4.69) is 15.3 Å². The van der Waals surface area contributed by atoms with E-state index in [1.807, 2.05) is 24.3 Å². The van der Waals surface area contributed by atoms with Crippen LogP contribution in [0.1, 0.15) is 10.4 Å². The molecule has 0 saturated heterocycles.